The molecule has 0 N–H and O–H groups in total. The number of benzene rings is 2. The van der Waals surface area contributed by atoms with Gasteiger partial charge in [0.2, 0.25) is 21.7 Å². The molecule has 0 aliphatic rings. The lowest BCUT2D eigenvalue weighted by atomic mass is 10.1. The summed E-state index contributed by atoms with van der Waals surface area (Å²) in [7, 11) is -2.20. The van der Waals surface area contributed by atoms with Crippen molar-refractivity contribution in [2.45, 2.75) is 12.3 Å². The van der Waals surface area contributed by atoms with Crippen LogP contribution in [0.3, 0.4) is 0 Å². The Balaban J connectivity index is 1.74. The molecule has 0 saturated carbocycles. The summed E-state index contributed by atoms with van der Waals surface area (Å²) in [6.45, 7) is -0.0448. The van der Waals surface area contributed by atoms with E-state index >= 15 is 0 Å². The molecule has 0 radical (unpaired) electrons. The molecule has 2 aromatic carbocycles. The molecule has 1 aromatic heterocycles. The second-order valence-electron chi connectivity index (χ2n) is 5.66. The van der Waals surface area contributed by atoms with E-state index in [-0.39, 0.29) is 18.2 Å². The van der Waals surface area contributed by atoms with E-state index in [1.165, 1.54) is 7.05 Å². The van der Waals surface area contributed by atoms with E-state index in [1.807, 2.05) is 36.4 Å². The molecule has 3 rings (SSSR count). The molecule has 0 fully saturated rings. The van der Waals surface area contributed by atoms with Gasteiger partial charge in [0.05, 0.1) is 23.9 Å². The summed E-state index contributed by atoms with van der Waals surface area (Å²) < 4.78 is 31.5. The first-order valence-electron chi connectivity index (χ1n) is 7.79. The summed E-state index contributed by atoms with van der Waals surface area (Å²) in [5, 5.41) is 13.0. The van der Waals surface area contributed by atoms with Crippen molar-refractivity contribution in [3.8, 4) is 17.5 Å². The van der Waals surface area contributed by atoms with Gasteiger partial charge >= 0.3 is 0 Å². The molecule has 0 saturated heterocycles. The Morgan fingerprint density at radius 2 is 1.81 bits per heavy atom. The van der Waals surface area contributed by atoms with E-state index in [1.54, 1.807) is 24.3 Å². The molecule has 26 heavy (non-hydrogen) atoms. The molecule has 0 unspecified atom stereocenters. The molecule has 3 aromatic rings. The first kappa shape index (κ1) is 17.8. The minimum atomic E-state index is -3.65. The van der Waals surface area contributed by atoms with Crippen LogP contribution in [0.25, 0.3) is 11.4 Å². The van der Waals surface area contributed by atoms with Gasteiger partial charge in [0.25, 0.3) is 0 Å². The fraction of sp³-hybridized carbons (Fsp3) is 0.167. The molecular weight excluding hydrogens is 352 g/mol. The van der Waals surface area contributed by atoms with Crippen molar-refractivity contribution in [2.75, 3.05) is 7.05 Å². The Morgan fingerprint density at radius 3 is 2.54 bits per heavy atom. The Morgan fingerprint density at radius 1 is 1.12 bits per heavy atom. The van der Waals surface area contributed by atoms with Crippen molar-refractivity contribution < 1.29 is 12.9 Å². The maximum absolute atomic E-state index is 12.6. The third-order valence-corrected chi connectivity index (χ3v) is 5.56. The molecule has 0 spiro atoms. The summed E-state index contributed by atoms with van der Waals surface area (Å²) in [5.41, 5.74) is 1.59. The molecule has 0 aliphatic heterocycles. The van der Waals surface area contributed by atoms with Crippen LogP contribution in [0.5, 0.6) is 0 Å². The SMILES string of the molecule is CN(Cc1nc(-c2ccccc2)no1)S(=O)(=O)Cc1ccccc1C#N. The Bertz CT molecular complexity index is 1040. The van der Waals surface area contributed by atoms with Crippen LogP contribution in [0.4, 0.5) is 0 Å². The first-order valence-corrected chi connectivity index (χ1v) is 9.40. The summed E-state index contributed by atoms with van der Waals surface area (Å²) in [4.78, 5) is 4.24. The molecule has 0 atom stereocenters. The van der Waals surface area contributed by atoms with Gasteiger partial charge in [-0.25, -0.2) is 8.42 Å². The van der Waals surface area contributed by atoms with Crippen molar-refractivity contribution in [2.24, 2.45) is 0 Å². The largest absolute Gasteiger partial charge is 0.338 e. The van der Waals surface area contributed by atoms with Crippen LogP contribution in [0, 0.1) is 11.3 Å². The van der Waals surface area contributed by atoms with Crippen LogP contribution in [0.2, 0.25) is 0 Å². The van der Waals surface area contributed by atoms with Crippen LogP contribution in [-0.4, -0.2) is 29.9 Å². The standard InChI is InChI=1S/C18H16N4O3S/c1-22(26(23,24)13-16-10-6-5-9-15(16)11-19)12-17-20-18(21-25-17)14-7-3-2-4-8-14/h2-10H,12-13H2,1H3. The van der Waals surface area contributed by atoms with Gasteiger partial charge in [-0.05, 0) is 11.6 Å². The number of nitriles is 1. The molecule has 7 nitrogen and oxygen atoms in total. The van der Waals surface area contributed by atoms with Crippen molar-refractivity contribution >= 4 is 10.0 Å². The molecule has 0 amide bonds. The highest BCUT2D eigenvalue weighted by atomic mass is 32.2. The zero-order valence-electron chi connectivity index (χ0n) is 14.0. The van der Waals surface area contributed by atoms with Crippen LogP contribution < -0.4 is 0 Å². The smallest absolute Gasteiger partial charge is 0.242 e. The predicted molar refractivity (Wildman–Crippen MR) is 95.0 cm³/mol. The van der Waals surface area contributed by atoms with Gasteiger partial charge in [0.1, 0.15) is 0 Å². The summed E-state index contributed by atoms with van der Waals surface area (Å²) >= 11 is 0. The molecule has 8 heteroatoms. The fourth-order valence-electron chi connectivity index (χ4n) is 2.37. The predicted octanol–water partition coefficient (Wildman–Crippen LogP) is 2.57. The third kappa shape index (κ3) is 3.96. The van der Waals surface area contributed by atoms with Crippen LogP contribution in [0.1, 0.15) is 17.0 Å². The average Bonchev–Trinajstić information content (AvgIpc) is 3.11. The number of hydrogen-bond donors (Lipinski definition) is 0. The summed E-state index contributed by atoms with van der Waals surface area (Å²) in [6, 6.07) is 17.9. The molecule has 0 aliphatic carbocycles. The number of hydrogen-bond acceptors (Lipinski definition) is 6. The van der Waals surface area contributed by atoms with Gasteiger partial charge in [-0.2, -0.15) is 14.6 Å². The average molecular weight is 368 g/mol. The molecule has 1 heterocycles. The lowest BCUT2D eigenvalue weighted by Crippen LogP contribution is -2.28. The number of sulfonamides is 1. The third-order valence-electron chi connectivity index (χ3n) is 3.81. The Kier molecular flexibility index (Phi) is 5.11. The number of nitrogens with zero attached hydrogens (tertiary/aromatic N) is 4. The van der Waals surface area contributed by atoms with Gasteiger partial charge in [-0.1, -0.05) is 53.7 Å². The van der Waals surface area contributed by atoms with Crippen molar-refractivity contribution in [1.82, 2.24) is 14.4 Å². The molecule has 0 bridgehead atoms. The lowest BCUT2D eigenvalue weighted by molar-refractivity contribution is 0.336. The molecular formula is C18H16N4O3S. The lowest BCUT2D eigenvalue weighted by Gasteiger charge is -2.15. The van der Waals surface area contributed by atoms with E-state index in [0.717, 1.165) is 9.87 Å². The minimum absolute atomic E-state index is 0.0448. The van der Waals surface area contributed by atoms with E-state index in [9.17, 15) is 8.42 Å². The van der Waals surface area contributed by atoms with Crippen LogP contribution >= 0.6 is 0 Å². The van der Waals surface area contributed by atoms with Gasteiger partial charge in [-0.15, -0.1) is 0 Å². The highest BCUT2D eigenvalue weighted by Gasteiger charge is 2.22. The van der Waals surface area contributed by atoms with Crippen molar-refractivity contribution in [3.63, 3.8) is 0 Å². The number of rotatable bonds is 6. The zero-order chi connectivity index (χ0) is 18.6. The highest BCUT2D eigenvalue weighted by Crippen LogP contribution is 2.18. The van der Waals surface area contributed by atoms with Gasteiger partial charge in [-0.3, -0.25) is 0 Å². The van der Waals surface area contributed by atoms with E-state index < -0.39 is 10.0 Å². The topological polar surface area (TPSA) is 100 Å². The molecule has 132 valence electrons. The van der Waals surface area contributed by atoms with Gasteiger partial charge < -0.3 is 4.52 Å². The van der Waals surface area contributed by atoms with Crippen molar-refractivity contribution in [1.29, 1.82) is 5.26 Å². The maximum Gasteiger partial charge on any atom is 0.242 e. The summed E-state index contributed by atoms with van der Waals surface area (Å²) in [5.74, 6) is 0.331. The van der Waals surface area contributed by atoms with Gasteiger partial charge in [0.15, 0.2) is 0 Å². The van der Waals surface area contributed by atoms with Crippen LogP contribution in [-0.2, 0) is 22.3 Å². The van der Waals surface area contributed by atoms with E-state index in [4.69, 9.17) is 9.78 Å². The normalized spacial score (nSPS) is 11.4. The minimum Gasteiger partial charge on any atom is -0.338 e. The maximum atomic E-state index is 12.6. The Hall–Kier alpha value is -3.02. The first-order chi connectivity index (χ1) is 12.5. The van der Waals surface area contributed by atoms with Crippen molar-refractivity contribution in [3.05, 3.63) is 71.6 Å². The Labute approximate surface area is 151 Å². The monoisotopic (exact) mass is 368 g/mol. The number of aromatic nitrogens is 2. The zero-order valence-corrected chi connectivity index (χ0v) is 14.8. The quantitative estimate of drug-likeness (QED) is 0.663. The van der Waals surface area contributed by atoms with Crippen LogP contribution in [0.15, 0.2) is 59.1 Å². The van der Waals surface area contributed by atoms with E-state index in [0.29, 0.717) is 17.0 Å². The second-order valence-corrected chi connectivity index (χ2v) is 7.73. The summed E-state index contributed by atoms with van der Waals surface area (Å²) in [6.07, 6.45) is 0. The fourth-order valence-corrected chi connectivity index (χ4v) is 3.55. The second kappa shape index (κ2) is 7.47. The van der Waals surface area contributed by atoms with E-state index in [2.05, 4.69) is 10.1 Å². The van der Waals surface area contributed by atoms with Gasteiger partial charge in [0, 0.05) is 12.6 Å². The highest BCUT2D eigenvalue weighted by molar-refractivity contribution is 7.88.